The van der Waals surface area contributed by atoms with E-state index in [2.05, 4.69) is 4.98 Å². The average molecular weight is 436 g/mol. The first-order chi connectivity index (χ1) is 16.0. The molecule has 0 spiro atoms. The van der Waals surface area contributed by atoms with Crippen LogP contribution in [0, 0.1) is 0 Å². The fourth-order valence-corrected chi connectivity index (χ4v) is 4.81. The zero-order valence-electron chi connectivity index (χ0n) is 18.7. The Kier molecular flexibility index (Phi) is 5.38. The first-order valence-electron chi connectivity index (χ1n) is 11.2. The highest BCUT2D eigenvalue weighted by Gasteiger charge is 2.38. The Morgan fingerprint density at radius 1 is 0.879 bits per heavy atom. The normalized spacial score (nSPS) is 17.5. The lowest BCUT2D eigenvalue weighted by atomic mass is 9.89. The van der Waals surface area contributed by atoms with E-state index in [1.165, 1.54) is 0 Å². The zero-order valence-corrected chi connectivity index (χ0v) is 18.7. The van der Waals surface area contributed by atoms with E-state index in [0.717, 1.165) is 27.8 Å². The number of anilines is 2. The SMILES string of the molecule is CC(=O)N(c1ccccc1)[C@H]1C[C@@H](C)N(C(=O)c2ccc3ccccc3n2)c2ccccc21. The van der Waals surface area contributed by atoms with Crippen molar-refractivity contribution in [1.29, 1.82) is 0 Å². The summed E-state index contributed by atoms with van der Waals surface area (Å²) in [7, 11) is 0. The second kappa shape index (κ2) is 8.51. The molecule has 0 fully saturated rings. The lowest BCUT2D eigenvalue weighted by Gasteiger charge is -2.43. The molecule has 2 amide bonds. The highest BCUT2D eigenvalue weighted by atomic mass is 16.2. The predicted molar refractivity (Wildman–Crippen MR) is 131 cm³/mol. The molecule has 5 rings (SSSR count). The first-order valence-corrected chi connectivity index (χ1v) is 11.2. The van der Waals surface area contributed by atoms with Gasteiger partial charge in [0.15, 0.2) is 0 Å². The van der Waals surface area contributed by atoms with Crippen molar-refractivity contribution in [2.24, 2.45) is 0 Å². The van der Waals surface area contributed by atoms with Crippen molar-refractivity contribution in [3.63, 3.8) is 0 Å². The summed E-state index contributed by atoms with van der Waals surface area (Å²) in [5.74, 6) is -0.155. The molecule has 1 aliphatic rings. The van der Waals surface area contributed by atoms with Crippen LogP contribution >= 0.6 is 0 Å². The standard InChI is InChI=1S/C28H25N3O2/c1-19-18-27(31(20(2)32)22-11-4-3-5-12-22)23-13-7-9-15-26(23)30(19)28(33)25-17-16-21-10-6-8-14-24(21)29-25/h3-17,19,27H,18H2,1-2H3/t19-,27+/m1/s1. The van der Waals surface area contributed by atoms with Crippen LogP contribution in [0.25, 0.3) is 10.9 Å². The molecule has 5 nitrogen and oxygen atoms in total. The van der Waals surface area contributed by atoms with E-state index >= 15 is 0 Å². The van der Waals surface area contributed by atoms with Gasteiger partial charge in [-0.2, -0.15) is 0 Å². The van der Waals surface area contributed by atoms with Crippen LogP contribution in [0.5, 0.6) is 0 Å². The molecule has 1 aromatic heterocycles. The molecule has 0 unspecified atom stereocenters. The van der Waals surface area contributed by atoms with Crippen LogP contribution in [0.2, 0.25) is 0 Å². The average Bonchev–Trinajstić information content (AvgIpc) is 2.84. The fourth-order valence-electron chi connectivity index (χ4n) is 4.81. The fraction of sp³-hybridized carbons (Fsp3) is 0.179. The highest BCUT2D eigenvalue weighted by molar-refractivity contribution is 6.07. The summed E-state index contributed by atoms with van der Waals surface area (Å²) in [6.45, 7) is 3.63. The first kappa shape index (κ1) is 20.9. The van der Waals surface area contributed by atoms with Gasteiger partial charge >= 0.3 is 0 Å². The lowest BCUT2D eigenvalue weighted by Crippen LogP contribution is -2.47. The van der Waals surface area contributed by atoms with Crippen LogP contribution < -0.4 is 9.80 Å². The summed E-state index contributed by atoms with van der Waals surface area (Å²) in [6.07, 6.45) is 0.630. The van der Waals surface area contributed by atoms with E-state index in [1.807, 2.05) is 102 Å². The van der Waals surface area contributed by atoms with E-state index in [0.29, 0.717) is 12.1 Å². The largest absolute Gasteiger partial charge is 0.305 e. The quantitative estimate of drug-likeness (QED) is 0.411. The van der Waals surface area contributed by atoms with Crippen molar-refractivity contribution in [1.82, 2.24) is 4.98 Å². The van der Waals surface area contributed by atoms with Crippen LogP contribution in [-0.4, -0.2) is 22.8 Å². The number of hydrogen-bond acceptors (Lipinski definition) is 3. The van der Waals surface area contributed by atoms with Crippen molar-refractivity contribution < 1.29 is 9.59 Å². The maximum absolute atomic E-state index is 13.7. The Balaban J connectivity index is 1.57. The highest BCUT2D eigenvalue weighted by Crippen LogP contribution is 2.42. The van der Waals surface area contributed by atoms with E-state index in [1.54, 1.807) is 13.0 Å². The number of amides is 2. The second-order valence-corrected chi connectivity index (χ2v) is 8.45. The molecule has 2 atom stereocenters. The van der Waals surface area contributed by atoms with Gasteiger partial charge in [0.2, 0.25) is 5.91 Å². The van der Waals surface area contributed by atoms with Gasteiger partial charge in [-0.05, 0) is 49.2 Å². The van der Waals surface area contributed by atoms with E-state index < -0.39 is 0 Å². The van der Waals surface area contributed by atoms with Gasteiger partial charge < -0.3 is 9.80 Å². The van der Waals surface area contributed by atoms with Crippen LogP contribution in [0.1, 0.15) is 42.4 Å². The smallest absolute Gasteiger partial charge is 0.277 e. The minimum atomic E-state index is -0.162. The third-order valence-corrected chi connectivity index (χ3v) is 6.28. The summed E-state index contributed by atoms with van der Waals surface area (Å²) in [6, 6.07) is 28.8. The van der Waals surface area contributed by atoms with E-state index in [-0.39, 0.29) is 23.9 Å². The molecule has 164 valence electrons. The Labute approximate surface area is 193 Å². The summed E-state index contributed by atoms with van der Waals surface area (Å²) in [5.41, 5.74) is 3.85. The van der Waals surface area contributed by atoms with Crippen LogP contribution in [-0.2, 0) is 4.79 Å². The van der Waals surface area contributed by atoms with Crippen molar-refractivity contribution in [2.45, 2.75) is 32.4 Å². The number of pyridine rings is 1. The van der Waals surface area contributed by atoms with Crippen molar-refractivity contribution in [2.75, 3.05) is 9.80 Å². The predicted octanol–water partition coefficient (Wildman–Crippen LogP) is 5.77. The topological polar surface area (TPSA) is 53.5 Å². The summed E-state index contributed by atoms with van der Waals surface area (Å²) >= 11 is 0. The van der Waals surface area contributed by atoms with Gasteiger partial charge in [0, 0.05) is 29.7 Å². The zero-order chi connectivity index (χ0) is 22.9. The number of nitrogens with zero attached hydrogens (tertiary/aromatic N) is 3. The summed E-state index contributed by atoms with van der Waals surface area (Å²) in [5, 5.41) is 1.00. The van der Waals surface area contributed by atoms with Crippen molar-refractivity contribution >= 4 is 34.1 Å². The molecule has 2 heterocycles. The summed E-state index contributed by atoms with van der Waals surface area (Å²) in [4.78, 5) is 34.7. The number of rotatable bonds is 3. The van der Waals surface area contributed by atoms with Gasteiger partial charge in [-0.25, -0.2) is 4.98 Å². The molecule has 0 radical (unpaired) electrons. The number of carbonyl (C=O) groups is 2. The molecule has 0 aliphatic carbocycles. The molecule has 4 aromatic rings. The van der Waals surface area contributed by atoms with Gasteiger partial charge in [0.1, 0.15) is 5.69 Å². The minimum Gasteiger partial charge on any atom is -0.305 e. The Hall–Kier alpha value is -3.99. The number of benzene rings is 3. The maximum Gasteiger partial charge on any atom is 0.277 e. The van der Waals surface area contributed by atoms with Gasteiger partial charge in [-0.3, -0.25) is 9.59 Å². The second-order valence-electron chi connectivity index (χ2n) is 8.45. The van der Waals surface area contributed by atoms with E-state index in [9.17, 15) is 9.59 Å². The van der Waals surface area contributed by atoms with Gasteiger partial charge in [0.05, 0.1) is 11.6 Å². The number of carbonyl (C=O) groups excluding carboxylic acids is 2. The summed E-state index contributed by atoms with van der Waals surface area (Å²) < 4.78 is 0. The van der Waals surface area contributed by atoms with Gasteiger partial charge in [-0.15, -0.1) is 0 Å². The Morgan fingerprint density at radius 3 is 2.36 bits per heavy atom. The van der Waals surface area contributed by atoms with Crippen molar-refractivity contribution in [3.05, 3.63) is 102 Å². The number of hydrogen-bond donors (Lipinski definition) is 0. The Morgan fingerprint density at radius 2 is 1.58 bits per heavy atom. The molecule has 1 aliphatic heterocycles. The molecule has 0 bridgehead atoms. The number of fused-ring (bicyclic) bond motifs is 2. The minimum absolute atomic E-state index is 0.0239. The van der Waals surface area contributed by atoms with Crippen LogP contribution in [0.3, 0.4) is 0 Å². The molecule has 33 heavy (non-hydrogen) atoms. The van der Waals surface area contributed by atoms with Crippen LogP contribution in [0.4, 0.5) is 11.4 Å². The molecular formula is C28H25N3O2. The lowest BCUT2D eigenvalue weighted by molar-refractivity contribution is -0.117. The third kappa shape index (κ3) is 3.76. The molecule has 3 aromatic carbocycles. The van der Waals surface area contributed by atoms with Gasteiger partial charge in [0.25, 0.3) is 5.91 Å². The number of aromatic nitrogens is 1. The molecule has 5 heteroatoms. The maximum atomic E-state index is 13.7. The van der Waals surface area contributed by atoms with Crippen LogP contribution in [0.15, 0.2) is 91.0 Å². The molecule has 0 N–H and O–H groups in total. The van der Waals surface area contributed by atoms with Crippen molar-refractivity contribution in [3.8, 4) is 0 Å². The third-order valence-electron chi connectivity index (χ3n) is 6.28. The number of para-hydroxylation sites is 3. The monoisotopic (exact) mass is 435 g/mol. The molecular weight excluding hydrogens is 410 g/mol. The van der Waals surface area contributed by atoms with E-state index in [4.69, 9.17) is 0 Å². The molecule has 0 saturated carbocycles. The molecule has 0 saturated heterocycles. The van der Waals surface area contributed by atoms with Gasteiger partial charge in [-0.1, -0.05) is 60.7 Å². The Bertz CT molecular complexity index is 1340.